The molecule has 0 aliphatic carbocycles. The van der Waals surface area contributed by atoms with Gasteiger partial charge >= 0.3 is 12.1 Å². The molecule has 4 rings (SSSR count). The number of carbonyl (C=O) groups is 1. The fourth-order valence-electron chi connectivity index (χ4n) is 3.55. The Kier molecular flexibility index (Phi) is 6.22. The molecule has 34 heavy (non-hydrogen) atoms. The summed E-state index contributed by atoms with van der Waals surface area (Å²) < 4.78 is 48.5. The van der Waals surface area contributed by atoms with E-state index in [-0.39, 0.29) is 30.0 Å². The van der Waals surface area contributed by atoms with Crippen molar-refractivity contribution >= 4 is 17.1 Å². The van der Waals surface area contributed by atoms with Gasteiger partial charge in [0.1, 0.15) is 12.2 Å². The van der Waals surface area contributed by atoms with E-state index in [4.69, 9.17) is 4.74 Å². The van der Waals surface area contributed by atoms with E-state index in [9.17, 15) is 22.8 Å². The molecular formula is C22H21F3N6O3. The van der Waals surface area contributed by atoms with Crippen molar-refractivity contribution in [2.75, 3.05) is 0 Å². The molecule has 3 aromatic heterocycles. The molecule has 3 heterocycles. The number of esters is 1. The standard InChI is InChI=1S/C22H21F3N6O3/c1-3-7-29-12-26-19-18(21(29)33)31(13-34-14(2)32)20(28-19)16-9-27-30(11-16)10-15-5-4-6-17(8-15)22(23,24)25/h4-6,8-9,11-12H,3,7,10,13H2,1-2H3. The van der Waals surface area contributed by atoms with Gasteiger partial charge in [-0.15, -0.1) is 0 Å². The third-order valence-corrected chi connectivity index (χ3v) is 5.08. The maximum absolute atomic E-state index is 13.0. The Balaban J connectivity index is 1.73. The van der Waals surface area contributed by atoms with E-state index in [0.717, 1.165) is 18.6 Å². The zero-order valence-electron chi connectivity index (χ0n) is 18.4. The highest BCUT2D eigenvalue weighted by Gasteiger charge is 2.30. The Morgan fingerprint density at radius 1 is 1.24 bits per heavy atom. The van der Waals surface area contributed by atoms with Crippen LogP contribution in [0.25, 0.3) is 22.6 Å². The maximum Gasteiger partial charge on any atom is 0.416 e. The number of benzene rings is 1. The molecule has 4 aromatic rings. The average Bonchev–Trinajstić information content (AvgIpc) is 3.38. The third kappa shape index (κ3) is 4.70. The van der Waals surface area contributed by atoms with Crippen molar-refractivity contribution < 1.29 is 22.7 Å². The van der Waals surface area contributed by atoms with Crippen LogP contribution in [0.3, 0.4) is 0 Å². The molecule has 1 aromatic carbocycles. The molecule has 0 aliphatic heterocycles. The number of alkyl halides is 3. The van der Waals surface area contributed by atoms with Gasteiger partial charge in [-0.25, -0.2) is 9.97 Å². The first-order chi connectivity index (χ1) is 16.2. The van der Waals surface area contributed by atoms with Gasteiger partial charge in [-0.2, -0.15) is 18.3 Å². The Morgan fingerprint density at radius 2 is 2.03 bits per heavy atom. The van der Waals surface area contributed by atoms with Crippen LogP contribution < -0.4 is 5.56 Å². The van der Waals surface area contributed by atoms with Crippen LogP contribution in [-0.2, 0) is 35.5 Å². The molecule has 0 atom stereocenters. The van der Waals surface area contributed by atoms with E-state index >= 15 is 0 Å². The highest BCUT2D eigenvalue weighted by atomic mass is 19.4. The van der Waals surface area contributed by atoms with Crippen molar-refractivity contribution in [3.8, 4) is 11.4 Å². The van der Waals surface area contributed by atoms with Crippen molar-refractivity contribution in [2.45, 2.75) is 46.3 Å². The van der Waals surface area contributed by atoms with Crippen LogP contribution in [0.15, 0.2) is 47.8 Å². The topological polar surface area (TPSA) is 96.8 Å². The molecule has 0 spiro atoms. The lowest BCUT2D eigenvalue weighted by molar-refractivity contribution is -0.144. The number of aromatic nitrogens is 6. The molecule has 0 bridgehead atoms. The first-order valence-corrected chi connectivity index (χ1v) is 10.5. The Labute approximate surface area is 191 Å². The first-order valence-electron chi connectivity index (χ1n) is 10.5. The van der Waals surface area contributed by atoms with Gasteiger partial charge in [-0.05, 0) is 24.1 Å². The summed E-state index contributed by atoms with van der Waals surface area (Å²) in [5.41, 5.74) is 0.202. The number of ether oxygens (including phenoxy) is 1. The molecule has 0 aliphatic rings. The van der Waals surface area contributed by atoms with E-state index in [1.165, 1.54) is 39.3 Å². The predicted octanol–water partition coefficient (Wildman–Crippen LogP) is 3.45. The lowest BCUT2D eigenvalue weighted by Crippen LogP contribution is -2.23. The summed E-state index contributed by atoms with van der Waals surface area (Å²) in [4.78, 5) is 33.1. The monoisotopic (exact) mass is 474 g/mol. The number of aryl methyl sites for hydroxylation is 1. The smallest absolute Gasteiger partial charge is 0.416 e. The minimum absolute atomic E-state index is 0.0929. The van der Waals surface area contributed by atoms with Crippen molar-refractivity contribution in [3.05, 3.63) is 64.5 Å². The summed E-state index contributed by atoms with van der Waals surface area (Å²) in [6.45, 7) is 3.48. The molecular weight excluding hydrogens is 453 g/mol. The van der Waals surface area contributed by atoms with Crippen LogP contribution in [0.2, 0.25) is 0 Å². The number of nitrogens with zero attached hydrogens (tertiary/aromatic N) is 6. The van der Waals surface area contributed by atoms with Gasteiger partial charge in [0.2, 0.25) is 0 Å². The maximum atomic E-state index is 13.0. The molecule has 9 nitrogen and oxygen atoms in total. The Bertz CT molecular complexity index is 1400. The predicted molar refractivity (Wildman–Crippen MR) is 116 cm³/mol. The minimum atomic E-state index is -4.44. The molecule has 178 valence electrons. The average molecular weight is 474 g/mol. The van der Waals surface area contributed by atoms with Gasteiger partial charge in [-0.1, -0.05) is 19.1 Å². The summed E-state index contributed by atoms with van der Waals surface area (Å²) >= 11 is 0. The summed E-state index contributed by atoms with van der Waals surface area (Å²) in [6, 6.07) is 4.99. The van der Waals surface area contributed by atoms with E-state index in [2.05, 4.69) is 15.1 Å². The third-order valence-electron chi connectivity index (χ3n) is 5.08. The van der Waals surface area contributed by atoms with Crippen LogP contribution in [0.4, 0.5) is 13.2 Å². The summed E-state index contributed by atoms with van der Waals surface area (Å²) in [6.07, 6.45) is 0.767. The van der Waals surface area contributed by atoms with Gasteiger partial charge in [0.05, 0.1) is 23.9 Å². The highest BCUT2D eigenvalue weighted by Crippen LogP contribution is 2.30. The number of hydrogen-bond donors (Lipinski definition) is 0. The fraction of sp³-hybridized carbons (Fsp3) is 0.318. The lowest BCUT2D eigenvalue weighted by Gasteiger charge is -2.09. The fourth-order valence-corrected chi connectivity index (χ4v) is 3.55. The zero-order chi connectivity index (χ0) is 24.5. The highest BCUT2D eigenvalue weighted by molar-refractivity contribution is 5.76. The molecule has 0 amide bonds. The van der Waals surface area contributed by atoms with E-state index in [1.54, 1.807) is 12.3 Å². The van der Waals surface area contributed by atoms with Crippen LogP contribution >= 0.6 is 0 Å². The number of carbonyl (C=O) groups excluding carboxylic acids is 1. The molecule has 0 saturated carbocycles. The van der Waals surface area contributed by atoms with Gasteiger partial charge in [0.15, 0.2) is 17.9 Å². The van der Waals surface area contributed by atoms with Crippen LogP contribution in [0, 0.1) is 0 Å². The Hall–Kier alpha value is -3.96. The molecule has 0 saturated heterocycles. The second-order valence-corrected chi connectivity index (χ2v) is 7.67. The van der Waals surface area contributed by atoms with E-state index in [1.807, 2.05) is 6.92 Å². The van der Waals surface area contributed by atoms with Gasteiger partial charge < -0.3 is 4.74 Å². The zero-order valence-corrected chi connectivity index (χ0v) is 18.4. The van der Waals surface area contributed by atoms with E-state index in [0.29, 0.717) is 23.5 Å². The normalized spacial score (nSPS) is 11.8. The Morgan fingerprint density at radius 3 is 2.74 bits per heavy atom. The molecule has 0 fully saturated rings. The summed E-state index contributed by atoms with van der Waals surface area (Å²) in [5.74, 6) is -0.240. The summed E-state index contributed by atoms with van der Waals surface area (Å²) in [5, 5.41) is 4.23. The van der Waals surface area contributed by atoms with Crippen LogP contribution in [0.1, 0.15) is 31.4 Å². The molecule has 0 N–H and O–H groups in total. The van der Waals surface area contributed by atoms with Crippen molar-refractivity contribution in [1.29, 1.82) is 0 Å². The SMILES string of the molecule is CCCn1cnc2nc(-c3cnn(Cc4cccc(C(F)(F)F)c4)c3)n(COC(C)=O)c2c1=O. The number of halogens is 3. The largest absolute Gasteiger partial charge is 0.444 e. The van der Waals surface area contributed by atoms with E-state index < -0.39 is 17.7 Å². The van der Waals surface area contributed by atoms with Gasteiger partial charge in [-0.3, -0.25) is 23.4 Å². The quantitative estimate of drug-likeness (QED) is 0.381. The first kappa shape index (κ1) is 23.2. The van der Waals surface area contributed by atoms with Gasteiger partial charge in [0, 0.05) is 19.7 Å². The summed E-state index contributed by atoms with van der Waals surface area (Å²) in [7, 11) is 0. The van der Waals surface area contributed by atoms with Crippen LogP contribution in [-0.4, -0.2) is 34.9 Å². The van der Waals surface area contributed by atoms with Crippen molar-refractivity contribution in [2.24, 2.45) is 0 Å². The number of fused-ring (bicyclic) bond motifs is 1. The number of rotatable bonds is 7. The second-order valence-electron chi connectivity index (χ2n) is 7.67. The molecule has 12 heteroatoms. The minimum Gasteiger partial charge on any atom is -0.444 e. The van der Waals surface area contributed by atoms with Crippen molar-refractivity contribution in [1.82, 2.24) is 28.9 Å². The second kappa shape index (κ2) is 9.12. The lowest BCUT2D eigenvalue weighted by atomic mass is 10.1. The van der Waals surface area contributed by atoms with Crippen LogP contribution in [0.5, 0.6) is 0 Å². The number of imidazole rings is 1. The van der Waals surface area contributed by atoms with Gasteiger partial charge in [0.25, 0.3) is 5.56 Å². The number of hydrogen-bond acceptors (Lipinski definition) is 6. The molecule has 0 unspecified atom stereocenters. The molecule has 0 radical (unpaired) electrons. The van der Waals surface area contributed by atoms with Crippen molar-refractivity contribution in [3.63, 3.8) is 0 Å².